The van der Waals surface area contributed by atoms with Gasteiger partial charge in [-0.15, -0.1) is 10.2 Å². The zero-order valence-corrected chi connectivity index (χ0v) is 15.8. The number of benzene rings is 1. The van der Waals surface area contributed by atoms with Gasteiger partial charge in [-0.3, -0.25) is 9.59 Å². The van der Waals surface area contributed by atoms with Crippen LogP contribution in [-0.2, 0) is 22.8 Å². The largest absolute Gasteiger partial charge is 0.417 e. The summed E-state index contributed by atoms with van der Waals surface area (Å²) < 4.78 is 40.2. The molecule has 146 valence electrons. The molecule has 0 unspecified atom stereocenters. The van der Waals surface area contributed by atoms with Gasteiger partial charge in [0, 0.05) is 19.8 Å². The van der Waals surface area contributed by atoms with E-state index in [1.165, 1.54) is 24.3 Å². The second-order valence-corrected chi connectivity index (χ2v) is 6.85. The van der Waals surface area contributed by atoms with Gasteiger partial charge in [0.05, 0.1) is 22.9 Å². The number of carbonyl (C=O) groups excluding carboxylic acids is 2. The maximum absolute atomic E-state index is 12.8. The van der Waals surface area contributed by atoms with Crippen LogP contribution in [0.1, 0.15) is 5.56 Å². The molecule has 2 amide bonds. The van der Waals surface area contributed by atoms with Crippen LogP contribution in [0.25, 0.3) is 0 Å². The summed E-state index contributed by atoms with van der Waals surface area (Å²) in [7, 11) is 3.15. The number of carbonyl (C=O) groups is 2. The van der Waals surface area contributed by atoms with Crippen molar-refractivity contribution >= 4 is 40.9 Å². The van der Waals surface area contributed by atoms with Crippen molar-refractivity contribution in [3.8, 4) is 0 Å². The Morgan fingerprint density at radius 1 is 1.37 bits per heavy atom. The average molecular weight is 422 g/mol. The number of likely N-dealkylation sites (N-methyl/N-ethyl adjacent to an activating group) is 1. The van der Waals surface area contributed by atoms with Crippen LogP contribution in [0.3, 0.4) is 0 Å². The van der Waals surface area contributed by atoms with Crippen molar-refractivity contribution in [2.45, 2.75) is 11.3 Å². The molecule has 0 radical (unpaired) electrons. The first kappa shape index (κ1) is 21.0. The molecule has 2 aromatic rings. The fraction of sp³-hybridized carbons (Fsp3) is 0.333. The summed E-state index contributed by atoms with van der Waals surface area (Å²) in [5, 5.41) is 9.91. The van der Waals surface area contributed by atoms with Crippen LogP contribution in [0.4, 0.5) is 18.9 Å². The zero-order valence-electron chi connectivity index (χ0n) is 14.2. The third-order valence-electron chi connectivity index (χ3n) is 3.36. The van der Waals surface area contributed by atoms with E-state index in [1.807, 2.05) is 0 Å². The van der Waals surface area contributed by atoms with Crippen LogP contribution in [-0.4, -0.2) is 50.8 Å². The van der Waals surface area contributed by atoms with Gasteiger partial charge in [-0.25, -0.2) is 0 Å². The fourth-order valence-corrected chi connectivity index (χ4v) is 3.02. The Morgan fingerprint density at radius 2 is 2.07 bits per heavy atom. The first-order valence-corrected chi connectivity index (χ1v) is 8.81. The molecule has 2 rings (SSSR count). The van der Waals surface area contributed by atoms with Crippen LogP contribution in [0.2, 0.25) is 5.02 Å². The molecule has 1 aromatic carbocycles. The molecule has 7 nitrogen and oxygen atoms in total. The molecule has 0 saturated carbocycles. The third-order valence-corrected chi connectivity index (χ3v) is 4.71. The van der Waals surface area contributed by atoms with E-state index in [9.17, 15) is 22.8 Å². The standard InChI is InChI=1S/C15H15ClF3N5O2S/c1-23(13(26)7-27-14-22-20-8-24(14)2)6-12(25)21-9-3-4-11(16)10(5-9)15(17,18)19/h3-5,8H,6-7H2,1-2H3,(H,21,25). The van der Waals surface area contributed by atoms with Gasteiger partial charge in [-0.2, -0.15) is 13.2 Å². The quantitative estimate of drug-likeness (QED) is 0.725. The summed E-state index contributed by atoms with van der Waals surface area (Å²) in [5.41, 5.74) is -1.11. The van der Waals surface area contributed by atoms with Crippen LogP contribution < -0.4 is 5.32 Å². The van der Waals surface area contributed by atoms with Gasteiger partial charge in [-0.05, 0) is 18.2 Å². The Bertz CT molecular complexity index is 843. The molecule has 1 heterocycles. The van der Waals surface area contributed by atoms with E-state index in [2.05, 4.69) is 15.5 Å². The van der Waals surface area contributed by atoms with E-state index in [0.717, 1.165) is 23.9 Å². The minimum absolute atomic E-state index is 0.0372. The Hall–Kier alpha value is -2.27. The number of alkyl halides is 3. The molecule has 27 heavy (non-hydrogen) atoms. The van der Waals surface area contributed by atoms with E-state index in [1.54, 1.807) is 11.6 Å². The first-order valence-electron chi connectivity index (χ1n) is 7.45. The number of aryl methyl sites for hydroxylation is 1. The van der Waals surface area contributed by atoms with Crippen molar-refractivity contribution < 1.29 is 22.8 Å². The molecule has 0 aliphatic heterocycles. The highest BCUT2D eigenvalue weighted by Gasteiger charge is 2.33. The van der Waals surface area contributed by atoms with Crippen LogP contribution >= 0.6 is 23.4 Å². The van der Waals surface area contributed by atoms with Gasteiger partial charge in [0.15, 0.2) is 5.16 Å². The Morgan fingerprint density at radius 3 is 2.67 bits per heavy atom. The lowest BCUT2D eigenvalue weighted by Gasteiger charge is -2.17. The highest BCUT2D eigenvalue weighted by atomic mass is 35.5. The lowest BCUT2D eigenvalue weighted by atomic mass is 10.2. The Labute approximate surface area is 161 Å². The van der Waals surface area contributed by atoms with Gasteiger partial charge < -0.3 is 14.8 Å². The molecule has 0 spiro atoms. The predicted octanol–water partition coefficient (Wildman–Crippen LogP) is 2.68. The normalized spacial score (nSPS) is 11.3. The number of anilines is 1. The molecule has 0 bridgehead atoms. The monoisotopic (exact) mass is 421 g/mol. The topological polar surface area (TPSA) is 80.1 Å². The molecule has 1 aromatic heterocycles. The lowest BCUT2D eigenvalue weighted by Crippen LogP contribution is -2.36. The molecule has 0 aliphatic carbocycles. The Balaban J connectivity index is 1.91. The van der Waals surface area contributed by atoms with Crippen LogP contribution in [0.15, 0.2) is 29.7 Å². The van der Waals surface area contributed by atoms with Crippen molar-refractivity contribution in [1.29, 1.82) is 0 Å². The number of rotatable bonds is 6. The van der Waals surface area contributed by atoms with Crippen LogP contribution in [0.5, 0.6) is 0 Å². The molecular weight excluding hydrogens is 407 g/mol. The number of nitrogens with zero attached hydrogens (tertiary/aromatic N) is 4. The van der Waals surface area contributed by atoms with Gasteiger partial charge in [0.1, 0.15) is 6.33 Å². The van der Waals surface area contributed by atoms with Crippen molar-refractivity contribution in [2.75, 3.05) is 24.7 Å². The third kappa shape index (κ3) is 5.86. The van der Waals surface area contributed by atoms with Gasteiger partial charge in [0.25, 0.3) is 0 Å². The summed E-state index contributed by atoms with van der Waals surface area (Å²) in [6.07, 6.45) is -3.15. The van der Waals surface area contributed by atoms with E-state index in [4.69, 9.17) is 11.6 Å². The maximum Gasteiger partial charge on any atom is 0.417 e. The number of hydrogen-bond donors (Lipinski definition) is 1. The number of amides is 2. The van der Waals surface area contributed by atoms with Gasteiger partial charge in [0.2, 0.25) is 11.8 Å². The van der Waals surface area contributed by atoms with E-state index in [-0.39, 0.29) is 23.9 Å². The lowest BCUT2D eigenvalue weighted by molar-refractivity contribution is -0.137. The van der Waals surface area contributed by atoms with Crippen molar-refractivity contribution in [2.24, 2.45) is 7.05 Å². The highest BCUT2D eigenvalue weighted by molar-refractivity contribution is 7.99. The highest BCUT2D eigenvalue weighted by Crippen LogP contribution is 2.36. The Kier molecular flexibility index (Phi) is 6.71. The van der Waals surface area contributed by atoms with E-state index < -0.39 is 22.7 Å². The number of nitrogens with one attached hydrogen (secondary N) is 1. The molecule has 0 atom stereocenters. The number of thioether (sulfide) groups is 1. The first-order chi connectivity index (χ1) is 12.6. The number of halogens is 4. The fourth-order valence-electron chi connectivity index (χ4n) is 1.96. The second-order valence-electron chi connectivity index (χ2n) is 5.50. The molecule has 0 saturated heterocycles. The van der Waals surface area contributed by atoms with E-state index >= 15 is 0 Å². The van der Waals surface area contributed by atoms with Crippen molar-refractivity contribution in [1.82, 2.24) is 19.7 Å². The summed E-state index contributed by atoms with van der Waals surface area (Å²) in [4.78, 5) is 25.2. The second kappa shape index (κ2) is 8.61. The predicted molar refractivity (Wildman–Crippen MR) is 94.4 cm³/mol. The SMILES string of the molecule is CN(CC(=O)Nc1ccc(Cl)c(C(F)(F)F)c1)C(=O)CSc1nncn1C. The number of aromatic nitrogens is 3. The van der Waals surface area contributed by atoms with E-state index in [0.29, 0.717) is 5.16 Å². The number of hydrogen-bond acceptors (Lipinski definition) is 5. The van der Waals surface area contributed by atoms with Crippen LogP contribution in [0, 0.1) is 0 Å². The molecule has 12 heteroatoms. The average Bonchev–Trinajstić information content (AvgIpc) is 2.98. The summed E-state index contributed by atoms with van der Waals surface area (Å²) in [5.74, 6) is -0.939. The molecule has 1 N–H and O–H groups in total. The van der Waals surface area contributed by atoms with Gasteiger partial charge in [-0.1, -0.05) is 23.4 Å². The summed E-state index contributed by atoms with van der Waals surface area (Å²) >= 11 is 6.69. The summed E-state index contributed by atoms with van der Waals surface area (Å²) in [6, 6.07) is 3.04. The molecule has 0 aliphatic rings. The summed E-state index contributed by atoms with van der Waals surface area (Å²) in [6.45, 7) is -0.317. The maximum atomic E-state index is 12.8. The van der Waals surface area contributed by atoms with Gasteiger partial charge >= 0.3 is 6.18 Å². The zero-order chi connectivity index (χ0) is 20.2. The smallest absolute Gasteiger partial charge is 0.336 e. The minimum atomic E-state index is -4.64. The molecular formula is C15H15ClF3N5O2S. The minimum Gasteiger partial charge on any atom is -0.336 e. The molecule has 0 fully saturated rings. The van der Waals surface area contributed by atoms with Crippen molar-refractivity contribution in [3.05, 3.63) is 35.1 Å². The van der Waals surface area contributed by atoms with Crippen molar-refractivity contribution in [3.63, 3.8) is 0 Å².